The van der Waals surface area contributed by atoms with E-state index in [1.807, 2.05) is 31.3 Å². The van der Waals surface area contributed by atoms with E-state index < -0.39 is 0 Å². The number of hydrogen-bond acceptors (Lipinski definition) is 3. The fourth-order valence-electron chi connectivity index (χ4n) is 1.43. The summed E-state index contributed by atoms with van der Waals surface area (Å²) in [6.45, 7) is 4.26. The minimum absolute atomic E-state index is 0.312. The van der Waals surface area contributed by atoms with Gasteiger partial charge >= 0.3 is 0 Å². The highest BCUT2D eigenvalue weighted by Gasteiger charge is 2.09. The van der Waals surface area contributed by atoms with Crippen molar-refractivity contribution in [2.24, 2.45) is 7.05 Å². The van der Waals surface area contributed by atoms with Gasteiger partial charge in [-0.1, -0.05) is 6.08 Å². The average molecular weight is 209 g/mol. The van der Waals surface area contributed by atoms with Gasteiger partial charge < -0.3 is 10.0 Å². The number of rotatable bonds is 6. The molecule has 84 valence electrons. The first-order valence-corrected chi connectivity index (χ1v) is 5.12. The van der Waals surface area contributed by atoms with E-state index in [0.717, 1.165) is 18.5 Å². The van der Waals surface area contributed by atoms with Gasteiger partial charge in [0.2, 0.25) is 0 Å². The second-order valence-electron chi connectivity index (χ2n) is 3.77. The van der Waals surface area contributed by atoms with Crippen LogP contribution < -0.4 is 4.90 Å². The lowest BCUT2D eigenvalue weighted by atomic mass is 10.2. The van der Waals surface area contributed by atoms with Crippen LogP contribution in [0.4, 0.5) is 5.69 Å². The number of allylic oxidation sites excluding steroid dienone is 1. The van der Waals surface area contributed by atoms with Crippen LogP contribution in [0.5, 0.6) is 0 Å². The zero-order valence-corrected chi connectivity index (χ0v) is 9.43. The third-order valence-electron chi connectivity index (χ3n) is 2.32. The summed E-state index contributed by atoms with van der Waals surface area (Å²) >= 11 is 0. The Morgan fingerprint density at radius 1 is 1.73 bits per heavy atom. The predicted molar refractivity (Wildman–Crippen MR) is 61.9 cm³/mol. The van der Waals surface area contributed by atoms with Gasteiger partial charge in [-0.15, -0.1) is 6.58 Å². The van der Waals surface area contributed by atoms with Gasteiger partial charge in [0.15, 0.2) is 0 Å². The molecule has 4 heteroatoms. The minimum atomic E-state index is -0.312. The number of aliphatic hydroxyl groups excluding tert-OH is 1. The molecule has 0 unspecified atom stereocenters. The summed E-state index contributed by atoms with van der Waals surface area (Å²) in [6, 6.07) is 0. The Balaban J connectivity index is 2.41. The third kappa shape index (κ3) is 3.75. The summed E-state index contributed by atoms with van der Waals surface area (Å²) in [5.74, 6) is 0. The van der Waals surface area contributed by atoms with E-state index in [1.165, 1.54) is 0 Å². The highest BCUT2D eigenvalue weighted by molar-refractivity contribution is 5.41. The van der Waals surface area contributed by atoms with Crippen molar-refractivity contribution in [2.45, 2.75) is 18.9 Å². The molecule has 0 saturated heterocycles. The lowest BCUT2D eigenvalue weighted by molar-refractivity contribution is 0.172. The van der Waals surface area contributed by atoms with E-state index >= 15 is 0 Å². The van der Waals surface area contributed by atoms with Crippen LogP contribution in [0, 0.1) is 0 Å². The fourth-order valence-corrected chi connectivity index (χ4v) is 1.43. The van der Waals surface area contributed by atoms with Crippen molar-refractivity contribution in [1.29, 1.82) is 0 Å². The van der Waals surface area contributed by atoms with Gasteiger partial charge in [-0.25, -0.2) is 0 Å². The first-order valence-electron chi connectivity index (χ1n) is 5.12. The number of likely N-dealkylation sites (N-methyl/N-ethyl adjacent to an activating group) is 1. The van der Waals surface area contributed by atoms with Gasteiger partial charge in [0.1, 0.15) is 0 Å². The zero-order valence-electron chi connectivity index (χ0n) is 9.43. The maximum atomic E-state index is 9.70. The zero-order chi connectivity index (χ0) is 11.3. The number of hydrogen-bond donors (Lipinski definition) is 1. The summed E-state index contributed by atoms with van der Waals surface area (Å²) in [5, 5.41) is 13.8. The molecule has 4 nitrogen and oxygen atoms in total. The molecule has 0 aromatic carbocycles. The molecule has 0 amide bonds. The molecule has 0 spiro atoms. The summed E-state index contributed by atoms with van der Waals surface area (Å²) in [5.41, 5.74) is 1.02. The van der Waals surface area contributed by atoms with Crippen molar-refractivity contribution >= 4 is 5.69 Å². The van der Waals surface area contributed by atoms with Crippen LogP contribution in [0.2, 0.25) is 0 Å². The quantitative estimate of drug-likeness (QED) is 0.715. The first kappa shape index (κ1) is 11.8. The van der Waals surface area contributed by atoms with Crippen molar-refractivity contribution in [3.63, 3.8) is 0 Å². The Kier molecular flexibility index (Phi) is 4.37. The van der Waals surface area contributed by atoms with Crippen molar-refractivity contribution in [2.75, 3.05) is 18.5 Å². The van der Waals surface area contributed by atoms with Crippen LogP contribution in [-0.4, -0.2) is 34.6 Å². The summed E-state index contributed by atoms with van der Waals surface area (Å²) in [4.78, 5) is 2.00. The maximum absolute atomic E-state index is 9.70. The fraction of sp³-hybridized carbons (Fsp3) is 0.545. The molecule has 1 heterocycles. The van der Waals surface area contributed by atoms with E-state index in [1.54, 1.807) is 10.9 Å². The molecule has 0 bridgehead atoms. The summed E-state index contributed by atoms with van der Waals surface area (Å²) in [6.07, 6.45) is 6.84. The van der Waals surface area contributed by atoms with Gasteiger partial charge in [0.25, 0.3) is 0 Å². The van der Waals surface area contributed by atoms with Crippen molar-refractivity contribution in [3.8, 4) is 0 Å². The van der Waals surface area contributed by atoms with Crippen LogP contribution in [0.3, 0.4) is 0 Å². The number of nitrogens with zero attached hydrogens (tertiary/aromatic N) is 3. The molecule has 15 heavy (non-hydrogen) atoms. The number of aliphatic hydroxyl groups is 1. The van der Waals surface area contributed by atoms with E-state index in [4.69, 9.17) is 0 Å². The molecule has 1 atom stereocenters. The summed E-state index contributed by atoms with van der Waals surface area (Å²) in [7, 11) is 3.83. The highest BCUT2D eigenvalue weighted by atomic mass is 16.3. The first-order chi connectivity index (χ1) is 7.13. The van der Waals surface area contributed by atoms with E-state index in [0.29, 0.717) is 6.54 Å². The third-order valence-corrected chi connectivity index (χ3v) is 2.32. The van der Waals surface area contributed by atoms with Gasteiger partial charge in [-0.05, 0) is 12.8 Å². The molecular formula is C11H19N3O. The number of anilines is 1. The van der Waals surface area contributed by atoms with Gasteiger partial charge in [0.05, 0.1) is 18.0 Å². The second-order valence-corrected chi connectivity index (χ2v) is 3.77. The van der Waals surface area contributed by atoms with Gasteiger partial charge in [0, 0.05) is 26.8 Å². The normalized spacial score (nSPS) is 12.5. The summed E-state index contributed by atoms with van der Waals surface area (Å²) < 4.78 is 1.75. The Morgan fingerprint density at radius 3 is 3.00 bits per heavy atom. The Labute approximate surface area is 90.8 Å². The van der Waals surface area contributed by atoms with Crippen molar-refractivity contribution < 1.29 is 5.11 Å². The standard InChI is InChI=1S/C11H19N3O/c1-4-5-6-11(15)9-13(2)10-7-12-14(3)8-10/h4,7-8,11,15H,1,5-6,9H2,2-3H3/t11-/m1/s1. The Morgan fingerprint density at radius 2 is 2.47 bits per heavy atom. The van der Waals surface area contributed by atoms with Gasteiger partial charge in [-0.3, -0.25) is 4.68 Å². The minimum Gasteiger partial charge on any atom is -0.391 e. The Bertz CT molecular complexity index is 309. The lowest BCUT2D eigenvalue weighted by Gasteiger charge is -2.20. The molecule has 0 aliphatic rings. The molecule has 0 fully saturated rings. The molecule has 0 aliphatic carbocycles. The van der Waals surface area contributed by atoms with Crippen LogP contribution in [-0.2, 0) is 7.05 Å². The Hall–Kier alpha value is -1.29. The van der Waals surface area contributed by atoms with E-state index in [2.05, 4.69) is 11.7 Å². The highest BCUT2D eigenvalue weighted by Crippen LogP contribution is 2.11. The molecule has 1 N–H and O–H groups in total. The van der Waals surface area contributed by atoms with Crippen LogP contribution in [0.25, 0.3) is 0 Å². The second kappa shape index (κ2) is 5.56. The number of aromatic nitrogens is 2. The largest absolute Gasteiger partial charge is 0.391 e. The van der Waals surface area contributed by atoms with Crippen molar-refractivity contribution in [3.05, 3.63) is 25.0 Å². The smallest absolute Gasteiger partial charge is 0.0750 e. The molecule has 0 saturated carbocycles. The average Bonchev–Trinajstić information content (AvgIpc) is 2.61. The molecule has 1 aromatic rings. The molecule has 1 aromatic heterocycles. The number of aryl methyl sites for hydroxylation is 1. The van der Waals surface area contributed by atoms with Crippen LogP contribution in [0.15, 0.2) is 25.0 Å². The molecule has 0 radical (unpaired) electrons. The predicted octanol–water partition coefficient (Wildman–Crippen LogP) is 1.18. The maximum Gasteiger partial charge on any atom is 0.0750 e. The monoisotopic (exact) mass is 209 g/mol. The van der Waals surface area contributed by atoms with Crippen molar-refractivity contribution in [1.82, 2.24) is 9.78 Å². The molecule has 1 rings (SSSR count). The van der Waals surface area contributed by atoms with E-state index in [9.17, 15) is 5.11 Å². The van der Waals surface area contributed by atoms with Crippen LogP contribution >= 0.6 is 0 Å². The lowest BCUT2D eigenvalue weighted by Crippen LogP contribution is -2.28. The molecule has 0 aliphatic heterocycles. The van der Waals surface area contributed by atoms with Gasteiger partial charge in [-0.2, -0.15) is 5.10 Å². The molecular weight excluding hydrogens is 190 g/mol. The topological polar surface area (TPSA) is 41.3 Å². The van der Waals surface area contributed by atoms with E-state index in [-0.39, 0.29) is 6.10 Å². The van der Waals surface area contributed by atoms with Crippen LogP contribution in [0.1, 0.15) is 12.8 Å². The SMILES string of the molecule is C=CCC[C@@H](O)CN(C)c1cnn(C)c1.